The molecule has 0 aromatic heterocycles. The maximum Gasteiger partial charge on any atom is 0.376 e. The number of halogens is 1. The third kappa shape index (κ3) is 2.51. The number of methoxy groups -OCH3 is 1. The van der Waals surface area contributed by atoms with Crippen LogP contribution in [0.5, 0.6) is 0 Å². The van der Waals surface area contributed by atoms with Gasteiger partial charge < -0.3 is 9.57 Å². The SMILES string of the molecule is COC(=O)C1=CC=CNO1.Cl. The van der Waals surface area contributed by atoms with Crippen LogP contribution in [-0.2, 0) is 14.4 Å². The maximum absolute atomic E-state index is 10.7. The van der Waals surface area contributed by atoms with E-state index in [0.29, 0.717) is 0 Å². The molecule has 0 bridgehead atoms. The molecule has 4 nitrogen and oxygen atoms in total. The fraction of sp³-hybridized carbons (Fsp3) is 0.167. The summed E-state index contributed by atoms with van der Waals surface area (Å²) in [6, 6.07) is 0. The standard InChI is InChI=1S/C6H7NO3.ClH/c1-9-6(8)5-3-2-4-7-10-5;/h2-4,7H,1H3;1H. The summed E-state index contributed by atoms with van der Waals surface area (Å²) in [6.45, 7) is 0. The summed E-state index contributed by atoms with van der Waals surface area (Å²) < 4.78 is 4.38. The number of hydrogen-bond acceptors (Lipinski definition) is 4. The zero-order chi connectivity index (χ0) is 7.40. The molecule has 1 aliphatic heterocycles. The highest BCUT2D eigenvalue weighted by atomic mass is 35.5. The molecule has 1 aliphatic rings. The van der Waals surface area contributed by atoms with Gasteiger partial charge >= 0.3 is 5.97 Å². The number of carbonyl (C=O) groups is 1. The Morgan fingerprint density at radius 3 is 2.91 bits per heavy atom. The largest absolute Gasteiger partial charge is 0.463 e. The van der Waals surface area contributed by atoms with Crippen molar-refractivity contribution in [2.24, 2.45) is 0 Å². The fourth-order valence-corrected chi connectivity index (χ4v) is 0.517. The second-order valence-corrected chi connectivity index (χ2v) is 1.60. The molecular formula is C6H8ClNO3. The Morgan fingerprint density at radius 1 is 1.73 bits per heavy atom. The second kappa shape index (κ2) is 4.62. The predicted molar refractivity (Wildman–Crippen MR) is 40.7 cm³/mol. The van der Waals surface area contributed by atoms with E-state index in [4.69, 9.17) is 0 Å². The molecule has 5 heteroatoms. The lowest BCUT2D eigenvalue weighted by Gasteiger charge is -2.08. The minimum Gasteiger partial charge on any atom is -0.463 e. The Kier molecular flexibility index (Phi) is 4.14. The van der Waals surface area contributed by atoms with E-state index in [-0.39, 0.29) is 18.2 Å². The van der Waals surface area contributed by atoms with Gasteiger partial charge in [-0.25, -0.2) is 10.3 Å². The van der Waals surface area contributed by atoms with Crippen molar-refractivity contribution >= 4 is 18.4 Å². The topological polar surface area (TPSA) is 47.6 Å². The highest BCUT2D eigenvalue weighted by Gasteiger charge is 2.11. The Bertz CT molecular complexity index is 200. The highest BCUT2D eigenvalue weighted by molar-refractivity contribution is 5.86. The van der Waals surface area contributed by atoms with Gasteiger partial charge in [-0.3, -0.25) is 0 Å². The van der Waals surface area contributed by atoms with Crippen molar-refractivity contribution in [2.75, 3.05) is 7.11 Å². The van der Waals surface area contributed by atoms with Gasteiger partial charge in [0.2, 0.25) is 5.76 Å². The molecule has 1 N–H and O–H groups in total. The zero-order valence-corrected chi connectivity index (χ0v) is 6.68. The van der Waals surface area contributed by atoms with Crippen LogP contribution in [0, 0.1) is 0 Å². The molecule has 0 spiro atoms. The molecule has 0 saturated carbocycles. The summed E-state index contributed by atoms with van der Waals surface area (Å²) in [4.78, 5) is 15.4. The lowest BCUT2D eigenvalue weighted by atomic mass is 10.4. The Hall–Kier alpha value is -1.16. The maximum atomic E-state index is 10.7. The van der Waals surface area contributed by atoms with Crippen LogP contribution < -0.4 is 5.48 Å². The number of esters is 1. The van der Waals surface area contributed by atoms with Crippen molar-refractivity contribution in [3.8, 4) is 0 Å². The summed E-state index contributed by atoms with van der Waals surface area (Å²) in [5.41, 5.74) is 2.40. The van der Waals surface area contributed by atoms with Crippen molar-refractivity contribution in [2.45, 2.75) is 0 Å². The highest BCUT2D eigenvalue weighted by Crippen LogP contribution is 2.01. The first kappa shape index (κ1) is 9.84. The molecule has 0 amide bonds. The molecule has 1 rings (SSSR count). The van der Waals surface area contributed by atoms with Gasteiger partial charge in [0.15, 0.2) is 0 Å². The average Bonchev–Trinajstić information content (AvgIpc) is 2.05. The minimum atomic E-state index is -0.489. The van der Waals surface area contributed by atoms with Gasteiger partial charge in [-0.2, -0.15) is 0 Å². The normalized spacial score (nSPS) is 13.4. The van der Waals surface area contributed by atoms with Gasteiger partial charge in [-0.1, -0.05) is 0 Å². The van der Waals surface area contributed by atoms with E-state index in [9.17, 15) is 4.79 Å². The molecule has 0 saturated heterocycles. The summed E-state index contributed by atoms with van der Waals surface area (Å²) in [7, 11) is 1.30. The van der Waals surface area contributed by atoms with Crippen molar-refractivity contribution in [1.82, 2.24) is 5.48 Å². The first-order valence-electron chi connectivity index (χ1n) is 2.72. The smallest absolute Gasteiger partial charge is 0.376 e. The Morgan fingerprint density at radius 2 is 2.45 bits per heavy atom. The number of ether oxygens (including phenoxy) is 1. The van der Waals surface area contributed by atoms with Gasteiger partial charge in [-0.15, -0.1) is 12.4 Å². The first-order valence-corrected chi connectivity index (χ1v) is 2.72. The minimum absolute atomic E-state index is 0. The van der Waals surface area contributed by atoms with E-state index < -0.39 is 5.97 Å². The number of nitrogens with one attached hydrogen (secondary N) is 1. The first-order chi connectivity index (χ1) is 4.84. The van der Waals surface area contributed by atoms with Gasteiger partial charge in [-0.05, 0) is 12.2 Å². The van der Waals surface area contributed by atoms with E-state index in [1.165, 1.54) is 13.2 Å². The molecule has 0 radical (unpaired) electrons. The molecule has 1 heterocycles. The van der Waals surface area contributed by atoms with E-state index in [0.717, 1.165) is 0 Å². The summed E-state index contributed by atoms with van der Waals surface area (Å²) in [5, 5.41) is 0. The van der Waals surface area contributed by atoms with Crippen LogP contribution in [0.2, 0.25) is 0 Å². The van der Waals surface area contributed by atoms with Crippen molar-refractivity contribution < 1.29 is 14.4 Å². The molecule has 0 aromatic rings. The summed E-state index contributed by atoms with van der Waals surface area (Å²) in [5.74, 6) is -0.332. The Labute approximate surface area is 70.2 Å². The molecular weight excluding hydrogens is 170 g/mol. The van der Waals surface area contributed by atoms with Crippen LogP contribution >= 0.6 is 12.4 Å². The predicted octanol–water partition coefficient (Wildman–Crippen LogP) is 0.514. The summed E-state index contributed by atoms with van der Waals surface area (Å²) in [6.07, 6.45) is 4.73. The van der Waals surface area contributed by atoms with Crippen molar-refractivity contribution in [3.05, 3.63) is 24.1 Å². The molecule has 0 aliphatic carbocycles. The van der Waals surface area contributed by atoms with Gasteiger partial charge in [0, 0.05) is 6.20 Å². The van der Waals surface area contributed by atoms with Gasteiger partial charge in [0.05, 0.1) is 7.11 Å². The molecule has 11 heavy (non-hydrogen) atoms. The zero-order valence-electron chi connectivity index (χ0n) is 5.87. The van der Waals surface area contributed by atoms with E-state index in [1.54, 1.807) is 12.3 Å². The lowest BCUT2D eigenvalue weighted by molar-refractivity contribution is -0.141. The number of allylic oxidation sites excluding steroid dienone is 2. The molecule has 0 fully saturated rings. The van der Waals surface area contributed by atoms with E-state index in [1.807, 2.05) is 0 Å². The number of rotatable bonds is 1. The number of carbonyl (C=O) groups excluding carboxylic acids is 1. The second-order valence-electron chi connectivity index (χ2n) is 1.60. The molecule has 0 atom stereocenters. The quantitative estimate of drug-likeness (QED) is 0.593. The van der Waals surface area contributed by atoms with Crippen LogP contribution in [0.1, 0.15) is 0 Å². The Balaban J connectivity index is 0.000001000. The van der Waals surface area contributed by atoms with Crippen LogP contribution in [0.15, 0.2) is 24.1 Å². The molecule has 0 unspecified atom stereocenters. The van der Waals surface area contributed by atoms with E-state index >= 15 is 0 Å². The van der Waals surface area contributed by atoms with Crippen LogP contribution in [0.3, 0.4) is 0 Å². The van der Waals surface area contributed by atoms with Gasteiger partial charge in [0.25, 0.3) is 0 Å². The van der Waals surface area contributed by atoms with Crippen molar-refractivity contribution in [1.29, 1.82) is 0 Å². The number of hydrogen-bond donors (Lipinski definition) is 1. The lowest BCUT2D eigenvalue weighted by Crippen LogP contribution is -2.16. The third-order valence-electron chi connectivity index (χ3n) is 0.967. The van der Waals surface area contributed by atoms with Crippen molar-refractivity contribution in [3.63, 3.8) is 0 Å². The van der Waals surface area contributed by atoms with Gasteiger partial charge in [0.1, 0.15) is 0 Å². The van der Waals surface area contributed by atoms with Crippen LogP contribution in [0.4, 0.5) is 0 Å². The van der Waals surface area contributed by atoms with E-state index in [2.05, 4.69) is 15.1 Å². The number of hydroxylamine groups is 1. The molecule has 0 aromatic carbocycles. The summed E-state index contributed by atoms with van der Waals surface area (Å²) >= 11 is 0. The van der Waals surface area contributed by atoms with Crippen LogP contribution in [0.25, 0.3) is 0 Å². The monoisotopic (exact) mass is 177 g/mol. The van der Waals surface area contributed by atoms with Crippen LogP contribution in [-0.4, -0.2) is 13.1 Å². The third-order valence-corrected chi connectivity index (χ3v) is 0.967. The fourth-order valence-electron chi connectivity index (χ4n) is 0.517. The average molecular weight is 178 g/mol. The molecule has 62 valence electrons.